The van der Waals surface area contributed by atoms with Crippen LogP contribution in [0.1, 0.15) is 16.2 Å². The summed E-state index contributed by atoms with van der Waals surface area (Å²) in [4.78, 5) is 36.0. The second kappa shape index (κ2) is 8.22. The summed E-state index contributed by atoms with van der Waals surface area (Å²) >= 11 is 6.10. The molecule has 0 saturated carbocycles. The van der Waals surface area contributed by atoms with Crippen LogP contribution in [0.2, 0.25) is 5.02 Å². The summed E-state index contributed by atoms with van der Waals surface area (Å²) in [7, 11) is 1.53. The second-order valence-corrected chi connectivity index (χ2v) is 6.53. The zero-order chi connectivity index (χ0) is 19.4. The van der Waals surface area contributed by atoms with Crippen molar-refractivity contribution in [3.8, 4) is 5.75 Å². The molecular formula is C18H20ClN5O3. The quantitative estimate of drug-likeness (QED) is 0.787. The Morgan fingerprint density at radius 1 is 1.22 bits per heavy atom. The minimum Gasteiger partial charge on any atom is -0.495 e. The molecule has 0 bridgehead atoms. The standard InChI is InChI=1S/C18H20ClN5O3/c1-12-9-15(17(26)21-13-3-4-16(27-2)14(19)10-13)22-18(20-12)24-7-5-23(11-25)6-8-24/h3-4,9-11H,5-8H2,1-2H3,(H,21,26). The number of hydrogen-bond acceptors (Lipinski definition) is 6. The number of anilines is 2. The van der Waals surface area contributed by atoms with Gasteiger partial charge < -0.3 is 19.9 Å². The number of amides is 2. The normalized spacial score (nSPS) is 14.0. The number of benzene rings is 1. The van der Waals surface area contributed by atoms with Crippen LogP contribution in [0.4, 0.5) is 11.6 Å². The van der Waals surface area contributed by atoms with Gasteiger partial charge in [-0.2, -0.15) is 0 Å². The Hall–Kier alpha value is -2.87. The summed E-state index contributed by atoms with van der Waals surface area (Å²) in [5.74, 6) is 0.664. The Labute approximate surface area is 162 Å². The maximum absolute atomic E-state index is 12.6. The number of hydrogen-bond donors (Lipinski definition) is 1. The van der Waals surface area contributed by atoms with E-state index in [4.69, 9.17) is 16.3 Å². The van der Waals surface area contributed by atoms with Gasteiger partial charge in [0.2, 0.25) is 12.4 Å². The van der Waals surface area contributed by atoms with Crippen LogP contribution in [0, 0.1) is 6.92 Å². The predicted molar refractivity (Wildman–Crippen MR) is 103 cm³/mol. The summed E-state index contributed by atoms with van der Waals surface area (Å²) < 4.78 is 5.11. The van der Waals surface area contributed by atoms with Gasteiger partial charge in [0, 0.05) is 37.6 Å². The van der Waals surface area contributed by atoms with Gasteiger partial charge in [-0.05, 0) is 31.2 Å². The van der Waals surface area contributed by atoms with Crippen LogP contribution in [-0.2, 0) is 4.79 Å². The average molecular weight is 390 g/mol. The average Bonchev–Trinajstić information content (AvgIpc) is 2.67. The lowest BCUT2D eigenvalue weighted by Gasteiger charge is -2.32. The van der Waals surface area contributed by atoms with Gasteiger partial charge in [-0.15, -0.1) is 0 Å². The number of aromatic nitrogens is 2. The minimum absolute atomic E-state index is 0.266. The molecule has 3 rings (SSSR count). The van der Waals surface area contributed by atoms with E-state index in [2.05, 4.69) is 15.3 Å². The van der Waals surface area contributed by atoms with E-state index in [1.807, 2.05) is 11.8 Å². The van der Waals surface area contributed by atoms with Crippen LogP contribution in [0.15, 0.2) is 24.3 Å². The van der Waals surface area contributed by atoms with Crippen molar-refractivity contribution < 1.29 is 14.3 Å². The molecule has 142 valence electrons. The van der Waals surface area contributed by atoms with Gasteiger partial charge in [0.15, 0.2) is 0 Å². The lowest BCUT2D eigenvalue weighted by molar-refractivity contribution is -0.118. The molecular weight excluding hydrogens is 370 g/mol. The molecule has 1 aromatic heterocycles. The Kier molecular flexibility index (Phi) is 5.75. The van der Waals surface area contributed by atoms with Crippen molar-refractivity contribution in [1.29, 1.82) is 0 Å². The highest BCUT2D eigenvalue weighted by Gasteiger charge is 2.20. The summed E-state index contributed by atoms with van der Waals surface area (Å²) in [5, 5.41) is 3.19. The van der Waals surface area contributed by atoms with Crippen LogP contribution >= 0.6 is 11.6 Å². The highest BCUT2D eigenvalue weighted by molar-refractivity contribution is 6.32. The molecule has 0 unspecified atom stereocenters. The molecule has 1 saturated heterocycles. The van der Waals surface area contributed by atoms with Gasteiger partial charge in [0.25, 0.3) is 5.91 Å². The number of aryl methyl sites for hydroxylation is 1. The van der Waals surface area contributed by atoms with Gasteiger partial charge >= 0.3 is 0 Å². The number of nitrogens with one attached hydrogen (secondary N) is 1. The van der Waals surface area contributed by atoms with E-state index >= 15 is 0 Å². The monoisotopic (exact) mass is 389 g/mol. The molecule has 0 atom stereocenters. The first-order valence-electron chi connectivity index (χ1n) is 8.45. The first-order valence-corrected chi connectivity index (χ1v) is 8.83. The molecule has 1 N–H and O–H groups in total. The van der Waals surface area contributed by atoms with Crippen LogP contribution in [-0.4, -0.2) is 60.5 Å². The zero-order valence-corrected chi connectivity index (χ0v) is 15.9. The van der Waals surface area contributed by atoms with Crippen molar-refractivity contribution in [3.63, 3.8) is 0 Å². The summed E-state index contributed by atoms with van der Waals surface area (Å²) in [6.07, 6.45) is 0.841. The number of carbonyl (C=O) groups is 2. The molecule has 1 aromatic carbocycles. The lowest BCUT2D eigenvalue weighted by Crippen LogP contribution is -2.46. The fourth-order valence-electron chi connectivity index (χ4n) is 2.78. The smallest absolute Gasteiger partial charge is 0.274 e. The number of carbonyl (C=O) groups excluding carboxylic acids is 2. The first kappa shape index (κ1) is 18.9. The lowest BCUT2D eigenvalue weighted by atomic mass is 10.2. The van der Waals surface area contributed by atoms with Crippen molar-refractivity contribution in [3.05, 3.63) is 40.7 Å². The number of ether oxygens (including phenoxy) is 1. The fraction of sp³-hybridized carbons (Fsp3) is 0.333. The maximum Gasteiger partial charge on any atom is 0.274 e. The molecule has 0 radical (unpaired) electrons. The minimum atomic E-state index is -0.352. The second-order valence-electron chi connectivity index (χ2n) is 6.13. The SMILES string of the molecule is COc1ccc(NC(=O)c2cc(C)nc(N3CCN(C=O)CC3)n2)cc1Cl. The molecule has 1 fully saturated rings. The number of halogens is 1. The van der Waals surface area contributed by atoms with Crippen molar-refractivity contribution in [2.24, 2.45) is 0 Å². The van der Waals surface area contributed by atoms with E-state index in [1.165, 1.54) is 7.11 Å². The first-order chi connectivity index (χ1) is 13.0. The number of piperazine rings is 1. The number of nitrogens with zero attached hydrogens (tertiary/aromatic N) is 4. The topological polar surface area (TPSA) is 87.7 Å². The molecule has 2 amide bonds. The molecule has 0 spiro atoms. The van der Waals surface area contributed by atoms with Gasteiger partial charge in [-0.1, -0.05) is 11.6 Å². The number of rotatable bonds is 5. The van der Waals surface area contributed by atoms with Gasteiger partial charge in [-0.3, -0.25) is 9.59 Å². The van der Waals surface area contributed by atoms with E-state index in [9.17, 15) is 9.59 Å². The third-order valence-corrected chi connectivity index (χ3v) is 4.53. The largest absolute Gasteiger partial charge is 0.495 e. The van der Waals surface area contributed by atoms with E-state index in [1.54, 1.807) is 29.2 Å². The van der Waals surface area contributed by atoms with E-state index in [0.717, 1.165) is 6.41 Å². The van der Waals surface area contributed by atoms with Crippen molar-refractivity contribution >= 4 is 35.6 Å². The molecule has 27 heavy (non-hydrogen) atoms. The summed E-state index contributed by atoms with van der Waals surface area (Å²) in [5.41, 5.74) is 1.50. The van der Waals surface area contributed by atoms with E-state index in [0.29, 0.717) is 54.3 Å². The Bertz CT molecular complexity index is 853. The molecule has 2 heterocycles. The van der Waals surface area contributed by atoms with Crippen LogP contribution in [0.25, 0.3) is 0 Å². The molecule has 1 aliphatic heterocycles. The van der Waals surface area contributed by atoms with Crippen LogP contribution in [0.5, 0.6) is 5.75 Å². The highest BCUT2D eigenvalue weighted by atomic mass is 35.5. The fourth-order valence-corrected chi connectivity index (χ4v) is 3.03. The summed E-state index contributed by atoms with van der Waals surface area (Å²) in [6, 6.07) is 6.63. The van der Waals surface area contributed by atoms with E-state index in [-0.39, 0.29) is 11.6 Å². The van der Waals surface area contributed by atoms with Gasteiger partial charge in [0.05, 0.1) is 12.1 Å². The van der Waals surface area contributed by atoms with Crippen molar-refractivity contribution in [2.75, 3.05) is 43.5 Å². The number of methoxy groups -OCH3 is 1. The molecule has 9 heteroatoms. The Morgan fingerprint density at radius 2 is 1.96 bits per heavy atom. The third kappa shape index (κ3) is 4.46. The zero-order valence-electron chi connectivity index (χ0n) is 15.1. The van der Waals surface area contributed by atoms with Gasteiger partial charge in [0.1, 0.15) is 11.4 Å². The van der Waals surface area contributed by atoms with Crippen LogP contribution < -0.4 is 15.0 Å². The Balaban J connectivity index is 1.76. The predicted octanol–water partition coefficient (Wildman–Crippen LogP) is 1.98. The Morgan fingerprint density at radius 3 is 2.59 bits per heavy atom. The van der Waals surface area contributed by atoms with Gasteiger partial charge in [-0.25, -0.2) is 9.97 Å². The van der Waals surface area contributed by atoms with Crippen molar-refractivity contribution in [2.45, 2.75) is 6.92 Å². The molecule has 2 aromatic rings. The molecule has 1 aliphatic rings. The van der Waals surface area contributed by atoms with Crippen molar-refractivity contribution in [1.82, 2.24) is 14.9 Å². The summed E-state index contributed by atoms with van der Waals surface area (Å²) in [6.45, 7) is 4.27. The molecule has 8 nitrogen and oxygen atoms in total. The van der Waals surface area contributed by atoms with E-state index < -0.39 is 0 Å². The molecule has 0 aliphatic carbocycles. The maximum atomic E-state index is 12.6. The highest BCUT2D eigenvalue weighted by Crippen LogP contribution is 2.27. The third-order valence-electron chi connectivity index (χ3n) is 4.23. The van der Waals surface area contributed by atoms with Crippen LogP contribution in [0.3, 0.4) is 0 Å².